The number of carbonyl (C=O) groups excluding carboxylic acids is 3. The van der Waals surface area contributed by atoms with Crippen molar-refractivity contribution in [3.8, 4) is 0 Å². The number of carboxylic acids is 1. The topological polar surface area (TPSA) is 166 Å². The molecule has 0 fully saturated rings. The smallest absolute Gasteiger partial charge is 0.327 e. The van der Waals surface area contributed by atoms with Crippen molar-refractivity contribution in [3.05, 3.63) is 36.0 Å². The third-order valence-corrected chi connectivity index (χ3v) is 6.69. The van der Waals surface area contributed by atoms with Gasteiger partial charge in [0.2, 0.25) is 17.7 Å². The van der Waals surface area contributed by atoms with Crippen LogP contribution < -0.4 is 21.7 Å². The molecule has 192 valence electrons. The Labute approximate surface area is 218 Å². The highest BCUT2D eigenvalue weighted by Gasteiger charge is 2.30. The Kier molecular flexibility index (Phi) is 11.8. The lowest BCUT2D eigenvalue weighted by Gasteiger charge is -2.24. The number of para-hydroxylation sites is 1. The van der Waals surface area contributed by atoms with Crippen molar-refractivity contribution in [2.24, 2.45) is 5.73 Å². The van der Waals surface area contributed by atoms with Crippen LogP contribution in [0.25, 0.3) is 10.9 Å². The number of aliphatic carboxylic acids is 1. The Morgan fingerprint density at radius 1 is 1.00 bits per heavy atom. The van der Waals surface area contributed by atoms with Gasteiger partial charge in [-0.05, 0) is 30.1 Å². The molecule has 0 aliphatic carbocycles. The van der Waals surface area contributed by atoms with Crippen molar-refractivity contribution in [2.45, 2.75) is 37.0 Å². The summed E-state index contributed by atoms with van der Waals surface area (Å²) in [5.74, 6) is -2.59. The van der Waals surface area contributed by atoms with E-state index >= 15 is 0 Å². The molecule has 1 aromatic heterocycles. The number of carbonyl (C=O) groups is 4. The van der Waals surface area contributed by atoms with Crippen LogP contribution in [-0.2, 0) is 25.6 Å². The van der Waals surface area contributed by atoms with Crippen LogP contribution in [0.5, 0.6) is 0 Å². The Morgan fingerprint density at radius 3 is 2.23 bits per heavy atom. The summed E-state index contributed by atoms with van der Waals surface area (Å²) < 4.78 is 0. The first-order valence-corrected chi connectivity index (χ1v) is 13.5. The van der Waals surface area contributed by atoms with Gasteiger partial charge in [-0.15, -0.1) is 0 Å². The van der Waals surface area contributed by atoms with Gasteiger partial charge in [-0.1, -0.05) is 18.2 Å². The van der Waals surface area contributed by atoms with Crippen LogP contribution in [0.3, 0.4) is 0 Å². The Hall–Kier alpha value is -2.35. The summed E-state index contributed by atoms with van der Waals surface area (Å²) in [5.41, 5.74) is 7.66. The molecule has 0 saturated carbocycles. The minimum Gasteiger partial charge on any atom is -0.480 e. The number of hydrogen-bond donors (Lipinski definition) is 8. The molecule has 0 aliphatic rings. The fourth-order valence-corrected chi connectivity index (χ4v) is 4.30. The molecule has 0 bridgehead atoms. The van der Waals surface area contributed by atoms with E-state index in [1.165, 1.54) is 0 Å². The highest BCUT2D eigenvalue weighted by molar-refractivity contribution is 7.98. The van der Waals surface area contributed by atoms with Gasteiger partial charge in [-0.25, -0.2) is 4.79 Å². The van der Waals surface area contributed by atoms with Crippen LogP contribution in [0.2, 0.25) is 0 Å². The summed E-state index contributed by atoms with van der Waals surface area (Å²) in [6.45, 7) is 0. The van der Waals surface area contributed by atoms with E-state index in [9.17, 15) is 19.2 Å². The largest absolute Gasteiger partial charge is 0.480 e. The second-order valence-corrected chi connectivity index (χ2v) is 9.55. The number of H-pyrrole nitrogens is 1. The molecule has 4 unspecified atom stereocenters. The SMILES string of the molecule is CSCCC(N)C(=O)NC(Cc1c[nH]c2ccccc12)C(=O)NC(CS)C(=O)NC(CS)C(=O)O. The minimum atomic E-state index is -1.25. The second kappa shape index (κ2) is 14.3. The average molecular weight is 542 g/mol. The quantitative estimate of drug-likeness (QED) is 0.158. The predicted octanol–water partition coefficient (Wildman–Crippen LogP) is 0.189. The lowest BCUT2D eigenvalue weighted by molar-refractivity contribution is -0.141. The molecule has 3 amide bonds. The molecule has 0 radical (unpaired) electrons. The second-order valence-electron chi connectivity index (χ2n) is 7.84. The highest BCUT2D eigenvalue weighted by atomic mass is 32.2. The fraction of sp³-hybridized carbons (Fsp3) is 0.455. The van der Waals surface area contributed by atoms with Gasteiger partial charge in [0.05, 0.1) is 6.04 Å². The summed E-state index contributed by atoms with van der Waals surface area (Å²) in [6, 6.07) is 3.37. The summed E-state index contributed by atoms with van der Waals surface area (Å²) in [7, 11) is 0. The minimum absolute atomic E-state index is 0.0858. The molecule has 0 aliphatic heterocycles. The van der Waals surface area contributed by atoms with Crippen molar-refractivity contribution < 1.29 is 24.3 Å². The Morgan fingerprint density at radius 2 is 1.60 bits per heavy atom. The van der Waals surface area contributed by atoms with E-state index in [0.717, 1.165) is 16.5 Å². The molecule has 1 aromatic carbocycles. The van der Waals surface area contributed by atoms with E-state index in [1.807, 2.05) is 30.5 Å². The van der Waals surface area contributed by atoms with E-state index < -0.39 is 47.9 Å². The molecule has 10 nitrogen and oxygen atoms in total. The molecule has 4 atom stereocenters. The summed E-state index contributed by atoms with van der Waals surface area (Å²) >= 11 is 9.60. The van der Waals surface area contributed by atoms with Gasteiger partial charge >= 0.3 is 5.97 Å². The van der Waals surface area contributed by atoms with E-state index in [0.29, 0.717) is 12.2 Å². The standard InChI is InChI=1S/C22H31N5O5S3/c1-35-7-6-14(23)19(28)25-16(8-12-9-24-15-5-3-2-4-13(12)15)20(29)26-17(10-33)21(30)27-18(11-34)22(31)32/h2-5,9,14,16-18,24,33-34H,6-8,10-11,23H2,1H3,(H,25,28)(H,26,29)(H,27,30)(H,31,32). The van der Waals surface area contributed by atoms with Gasteiger partial charge < -0.3 is 31.8 Å². The van der Waals surface area contributed by atoms with Gasteiger partial charge in [0.1, 0.15) is 18.1 Å². The van der Waals surface area contributed by atoms with Crippen molar-refractivity contribution in [1.82, 2.24) is 20.9 Å². The fourth-order valence-electron chi connectivity index (χ4n) is 3.31. The van der Waals surface area contributed by atoms with Gasteiger partial charge in [-0.3, -0.25) is 14.4 Å². The number of nitrogens with one attached hydrogen (secondary N) is 4. The zero-order chi connectivity index (χ0) is 26.0. The van der Waals surface area contributed by atoms with Gasteiger partial charge in [-0.2, -0.15) is 37.0 Å². The predicted molar refractivity (Wildman–Crippen MR) is 144 cm³/mol. The lowest BCUT2D eigenvalue weighted by atomic mass is 10.0. The van der Waals surface area contributed by atoms with E-state index in [4.69, 9.17) is 10.8 Å². The van der Waals surface area contributed by atoms with Gasteiger partial charge in [0, 0.05) is 35.0 Å². The first kappa shape index (κ1) is 28.9. The molecular weight excluding hydrogens is 510 g/mol. The molecule has 1 heterocycles. The third kappa shape index (κ3) is 8.37. The number of thioether (sulfide) groups is 1. The molecular formula is C22H31N5O5S3. The van der Waals surface area contributed by atoms with Gasteiger partial charge in [0.15, 0.2) is 0 Å². The Balaban J connectivity index is 2.21. The number of carboxylic acid groups (broad SMARTS) is 1. The maximum atomic E-state index is 13.2. The molecule has 0 saturated heterocycles. The zero-order valence-electron chi connectivity index (χ0n) is 19.2. The van der Waals surface area contributed by atoms with Crippen LogP contribution >= 0.6 is 37.0 Å². The summed E-state index contributed by atoms with van der Waals surface area (Å²) in [4.78, 5) is 52.8. The molecule has 7 N–H and O–H groups in total. The van der Waals surface area contributed by atoms with Crippen molar-refractivity contribution >= 4 is 71.6 Å². The number of rotatable bonds is 14. The summed E-state index contributed by atoms with van der Waals surface area (Å²) in [5, 5.41) is 17.6. The zero-order valence-corrected chi connectivity index (χ0v) is 21.8. The first-order chi connectivity index (χ1) is 16.7. The van der Waals surface area contributed by atoms with E-state index in [-0.39, 0.29) is 17.9 Å². The third-order valence-electron chi connectivity index (χ3n) is 5.31. The number of fused-ring (bicyclic) bond motifs is 1. The number of aromatic nitrogens is 1. The number of benzene rings is 1. The summed E-state index contributed by atoms with van der Waals surface area (Å²) in [6.07, 6.45) is 4.25. The number of thiol groups is 2. The monoisotopic (exact) mass is 541 g/mol. The number of hydrogen-bond acceptors (Lipinski definition) is 8. The first-order valence-electron chi connectivity index (χ1n) is 10.9. The van der Waals surface area contributed by atoms with Crippen molar-refractivity contribution in [2.75, 3.05) is 23.5 Å². The van der Waals surface area contributed by atoms with Crippen molar-refractivity contribution in [3.63, 3.8) is 0 Å². The number of amides is 3. The van der Waals surface area contributed by atoms with Gasteiger partial charge in [0.25, 0.3) is 0 Å². The highest BCUT2D eigenvalue weighted by Crippen LogP contribution is 2.19. The number of nitrogens with two attached hydrogens (primary N) is 1. The van der Waals surface area contributed by atoms with Crippen LogP contribution in [0.15, 0.2) is 30.5 Å². The van der Waals surface area contributed by atoms with Crippen LogP contribution in [-0.4, -0.2) is 81.5 Å². The van der Waals surface area contributed by atoms with Crippen LogP contribution in [0.1, 0.15) is 12.0 Å². The molecule has 0 spiro atoms. The molecule has 13 heteroatoms. The van der Waals surface area contributed by atoms with Crippen LogP contribution in [0, 0.1) is 0 Å². The normalized spacial score (nSPS) is 14.5. The van der Waals surface area contributed by atoms with E-state index in [1.54, 1.807) is 18.0 Å². The van der Waals surface area contributed by atoms with E-state index in [2.05, 4.69) is 46.2 Å². The van der Waals surface area contributed by atoms with Crippen molar-refractivity contribution in [1.29, 1.82) is 0 Å². The number of aromatic amines is 1. The Bertz CT molecular complexity index is 1030. The average Bonchev–Trinajstić information content (AvgIpc) is 3.25. The maximum Gasteiger partial charge on any atom is 0.327 e. The maximum absolute atomic E-state index is 13.2. The lowest BCUT2D eigenvalue weighted by Crippen LogP contribution is -2.58. The molecule has 2 rings (SSSR count). The molecule has 2 aromatic rings. The molecule has 35 heavy (non-hydrogen) atoms. The van der Waals surface area contributed by atoms with Crippen LogP contribution in [0.4, 0.5) is 0 Å².